The van der Waals surface area contributed by atoms with Crippen LogP contribution in [0.2, 0.25) is 18.1 Å². The molecule has 0 amide bonds. The molecule has 0 aliphatic heterocycles. The van der Waals surface area contributed by atoms with E-state index >= 15 is 0 Å². The molecule has 0 fully saturated rings. The van der Waals surface area contributed by atoms with Crippen molar-refractivity contribution in [1.29, 1.82) is 0 Å². The Bertz CT molecular complexity index is 575. The van der Waals surface area contributed by atoms with Gasteiger partial charge in [-0.1, -0.05) is 111 Å². The van der Waals surface area contributed by atoms with Crippen molar-refractivity contribution in [2.75, 3.05) is 20.5 Å². The molecule has 3 atom stereocenters. The minimum atomic E-state index is -1.94. The Labute approximate surface area is 235 Å². The zero-order valence-corrected chi connectivity index (χ0v) is 28.3. The number of unbranched alkanes of at least 4 members (excludes halogenated alkanes) is 12. The largest absolute Gasteiger partial charge is 0.415 e. The minimum absolute atomic E-state index is 0.0938. The van der Waals surface area contributed by atoms with Gasteiger partial charge in [0.2, 0.25) is 0 Å². The van der Waals surface area contributed by atoms with Crippen LogP contribution in [0.15, 0.2) is 0 Å². The summed E-state index contributed by atoms with van der Waals surface area (Å²) in [5.74, 6) is 0. The number of nitrogens with one attached hydrogen (secondary N) is 1. The van der Waals surface area contributed by atoms with E-state index in [4.69, 9.17) is 13.9 Å². The molecular formula is C30H65NO4SSi. The van der Waals surface area contributed by atoms with E-state index < -0.39 is 19.3 Å². The normalized spacial score (nSPS) is 15.6. The monoisotopic (exact) mass is 563 g/mol. The van der Waals surface area contributed by atoms with Crippen molar-refractivity contribution in [1.82, 2.24) is 4.72 Å². The fourth-order valence-corrected chi connectivity index (χ4v) is 5.84. The highest BCUT2D eigenvalue weighted by molar-refractivity contribution is 7.84. The molecule has 0 aromatic heterocycles. The van der Waals surface area contributed by atoms with Crippen molar-refractivity contribution >= 4 is 19.3 Å². The summed E-state index contributed by atoms with van der Waals surface area (Å²) in [5, 5.41) is 0.124. The van der Waals surface area contributed by atoms with E-state index in [9.17, 15) is 4.21 Å². The first-order chi connectivity index (χ1) is 17.3. The van der Waals surface area contributed by atoms with Gasteiger partial charge in [-0.25, -0.2) is 8.93 Å². The van der Waals surface area contributed by atoms with Gasteiger partial charge in [0.05, 0.1) is 34.5 Å². The van der Waals surface area contributed by atoms with Crippen LogP contribution in [0.25, 0.3) is 0 Å². The SMILES string of the molecule is CCCCCCCCCCCCCCC[C@@H](OCOC)[C@H](CO[Si](C)(C)C(C)(C)C)N[S@](=O)C(C)(C)C. The van der Waals surface area contributed by atoms with Crippen LogP contribution in [0.4, 0.5) is 0 Å². The minimum Gasteiger partial charge on any atom is -0.415 e. The zero-order chi connectivity index (χ0) is 28.4. The molecule has 0 rings (SSSR count). The van der Waals surface area contributed by atoms with Crippen LogP contribution in [0, 0.1) is 0 Å². The highest BCUT2D eigenvalue weighted by atomic mass is 32.2. The van der Waals surface area contributed by atoms with Crippen molar-refractivity contribution < 1.29 is 18.1 Å². The van der Waals surface area contributed by atoms with E-state index in [-0.39, 0.29) is 28.7 Å². The molecule has 7 heteroatoms. The molecule has 37 heavy (non-hydrogen) atoms. The van der Waals surface area contributed by atoms with Crippen LogP contribution in [0.3, 0.4) is 0 Å². The van der Waals surface area contributed by atoms with Gasteiger partial charge < -0.3 is 13.9 Å². The highest BCUT2D eigenvalue weighted by Crippen LogP contribution is 2.36. The molecule has 1 N–H and O–H groups in total. The molecule has 0 aliphatic carbocycles. The summed E-state index contributed by atoms with van der Waals surface area (Å²) >= 11 is 0. The Morgan fingerprint density at radius 2 is 1.24 bits per heavy atom. The summed E-state index contributed by atoms with van der Waals surface area (Å²) in [7, 11) is -1.48. The quantitative estimate of drug-likeness (QED) is 0.0766. The van der Waals surface area contributed by atoms with Gasteiger partial charge in [0, 0.05) is 7.11 Å². The summed E-state index contributed by atoms with van der Waals surface area (Å²) in [6.45, 7) is 20.3. The molecule has 5 nitrogen and oxygen atoms in total. The molecular weight excluding hydrogens is 498 g/mol. The topological polar surface area (TPSA) is 56.8 Å². The molecule has 0 aromatic rings. The molecule has 0 saturated heterocycles. The molecule has 0 aliphatic rings. The number of ether oxygens (including phenoxy) is 2. The maximum atomic E-state index is 13.0. The Kier molecular flexibility index (Phi) is 20.3. The lowest BCUT2D eigenvalue weighted by molar-refractivity contribution is -0.0881. The van der Waals surface area contributed by atoms with Crippen molar-refractivity contribution in [3.63, 3.8) is 0 Å². The van der Waals surface area contributed by atoms with Gasteiger partial charge in [0.25, 0.3) is 0 Å². The van der Waals surface area contributed by atoms with Crippen molar-refractivity contribution in [2.45, 2.75) is 173 Å². The number of hydrogen-bond donors (Lipinski definition) is 1. The molecule has 0 bridgehead atoms. The second-order valence-corrected chi connectivity index (χ2v) is 20.1. The average molecular weight is 564 g/mol. The predicted octanol–water partition coefficient (Wildman–Crippen LogP) is 8.90. The summed E-state index contributed by atoms with van der Waals surface area (Å²) in [6, 6.07) is -0.137. The Balaban J connectivity index is 4.71. The third-order valence-electron chi connectivity index (χ3n) is 7.69. The van der Waals surface area contributed by atoms with Gasteiger partial charge >= 0.3 is 0 Å². The number of methoxy groups -OCH3 is 1. The summed E-state index contributed by atoms with van der Waals surface area (Å²) in [4.78, 5) is 0. The molecule has 0 unspecified atom stereocenters. The van der Waals surface area contributed by atoms with E-state index in [0.29, 0.717) is 6.61 Å². The number of hydrogen-bond acceptors (Lipinski definition) is 4. The lowest BCUT2D eigenvalue weighted by atomic mass is 10.0. The van der Waals surface area contributed by atoms with Crippen molar-refractivity contribution in [3.8, 4) is 0 Å². The fraction of sp³-hybridized carbons (Fsp3) is 1.00. The Morgan fingerprint density at radius 3 is 1.65 bits per heavy atom. The van der Waals surface area contributed by atoms with Gasteiger partial charge in [0.1, 0.15) is 6.79 Å². The molecule has 0 heterocycles. The van der Waals surface area contributed by atoms with Crippen molar-refractivity contribution in [3.05, 3.63) is 0 Å². The van der Waals surface area contributed by atoms with E-state index in [1.165, 1.54) is 77.0 Å². The standard InChI is InChI=1S/C30H65NO4SSi/c1-11-12-13-14-15-16-17-18-19-20-21-22-23-24-28(34-26-33-8)27(31-36(32)29(2,3)4)25-35-37(9,10)30(5,6)7/h27-28,31H,11-26H2,1-10H3/t27-,28+,36+/m0/s1. The molecule has 0 aromatic carbocycles. The van der Waals surface area contributed by atoms with Crippen molar-refractivity contribution in [2.24, 2.45) is 0 Å². The first-order valence-corrected chi connectivity index (χ1v) is 19.2. The van der Waals surface area contributed by atoms with Crippen LogP contribution in [0.5, 0.6) is 0 Å². The molecule has 0 radical (unpaired) electrons. The molecule has 224 valence electrons. The second kappa shape index (κ2) is 20.1. The van der Waals surface area contributed by atoms with Crippen LogP contribution in [-0.2, 0) is 24.9 Å². The predicted molar refractivity (Wildman–Crippen MR) is 165 cm³/mol. The zero-order valence-electron chi connectivity index (χ0n) is 26.5. The summed E-state index contributed by atoms with van der Waals surface area (Å²) in [5.41, 5.74) is 0. The average Bonchev–Trinajstić information content (AvgIpc) is 2.80. The van der Waals surface area contributed by atoms with Gasteiger partial charge in [-0.3, -0.25) is 0 Å². The fourth-order valence-electron chi connectivity index (χ4n) is 3.97. The second-order valence-electron chi connectivity index (χ2n) is 13.3. The first kappa shape index (κ1) is 37.2. The number of rotatable bonds is 23. The third kappa shape index (κ3) is 18.2. The van der Waals surface area contributed by atoms with Crippen LogP contribution in [-0.4, -0.2) is 49.9 Å². The van der Waals surface area contributed by atoms with E-state index in [0.717, 1.165) is 12.8 Å². The molecule has 0 spiro atoms. The lowest BCUT2D eigenvalue weighted by Gasteiger charge is -2.39. The van der Waals surface area contributed by atoms with Crippen LogP contribution < -0.4 is 4.72 Å². The van der Waals surface area contributed by atoms with Gasteiger partial charge in [-0.15, -0.1) is 0 Å². The Hall–Kier alpha value is 0.207. The van der Waals surface area contributed by atoms with Crippen LogP contribution >= 0.6 is 0 Å². The van der Waals surface area contributed by atoms with E-state index in [1.54, 1.807) is 7.11 Å². The highest BCUT2D eigenvalue weighted by Gasteiger charge is 2.39. The summed E-state index contributed by atoms with van der Waals surface area (Å²) in [6.07, 6.45) is 18.2. The van der Waals surface area contributed by atoms with Gasteiger partial charge in [-0.2, -0.15) is 0 Å². The van der Waals surface area contributed by atoms with Gasteiger partial charge in [-0.05, 0) is 45.3 Å². The maximum Gasteiger partial charge on any atom is 0.192 e. The van der Waals surface area contributed by atoms with Gasteiger partial charge in [0.15, 0.2) is 8.32 Å². The Morgan fingerprint density at radius 1 is 0.784 bits per heavy atom. The lowest BCUT2D eigenvalue weighted by Crippen LogP contribution is -2.52. The van der Waals surface area contributed by atoms with E-state index in [2.05, 4.69) is 45.5 Å². The third-order valence-corrected chi connectivity index (χ3v) is 13.8. The maximum absolute atomic E-state index is 13.0. The summed E-state index contributed by atoms with van der Waals surface area (Å²) < 4.78 is 34.0. The molecule has 0 saturated carbocycles. The first-order valence-electron chi connectivity index (χ1n) is 15.2. The smallest absolute Gasteiger partial charge is 0.192 e. The van der Waals surface area contributed by atoms with Crippen LogP contribution in [0.1, 0.15) is 138 Å². The van der Waals surface area contributed by atoms with E-state index in [1.807, 2.05) is 20.8 Å².